The molecular formula is C17H15FN2O3S. The summed E-state index contributed by atoms with van der Waals surface area (Å²) in [4.78, 5) is 0. The van der Waals surface area contributed by atoms with Crippen molar-refractivity contribution in [3.8, 4) is 23.0 Å². The van der Waals surface area contributed by atoms with Gasteiger partial charge in [0.05, 0.1) is 19.8 Å². The normalized spacial score (nSPS) is 10.6. The number of aromatic nitrogens is 2. The molecule has 3 aromatic rings. The Bertz CT molecular complexity index is 838. The van der Waals surface area contributed by atoms with Crippen LogP contribution in [0.4, 0.5) is 4.39 Å². The summed E-state index contributed by atoms with van der Waals surface area (Å²) >= 11 is 1.31. The van der Waals surface area contributed by atoms with Crippen LogP contribution < -0.4 is 9.47 Å². The van der Waals surface area contributed by atoms with Gasteiger partial charge in [0.1, 0.15) is 17.3 Å². The molecule has 0 radical (unpaired) electrons. The van der Waals surface area contributed by atoms with E-state index in [1.54, 1.807) is 20.3 Å². The molecule has 0 saturated heterocycles. The highest BCUT2D eigenvalue weighted by atomic mass is 32.2. The average Bonchev–Trinajstić information content (AvgIpc) is 3.09. The van der Waals surface area contributed by atoms with Gasteiger partial charge >= 0.3 is 0 Å². The van der Waals surface area contributed by atoms with E-state index >= 15 is 0 Å². The molecule has 0 aliphatic carbocycles. The lowest BCUT2D eigenvalue weighted by Crippen LogP contribution is -1.91. The summed E-state index contributed by atoms with van der Waals surface area (Å²) in [5, 5.41) is 8.45. The zero-order chi connectivity index (χ0) is 16.9. The summed E-state index contributed by atoms with van der Waals surface area (Å²) in [6.45, 7) is 0. The van der Waals surface area contributed by atoms with Crippen molar-refractivity contribution in [2.75, 3.05) is 14.2 Å². The zero-order valence-electron chi connectivity index (χ0n) is 13.2. The van der Waals surface area contributed by atoms with E-state index in [2.05, 4.69) is 10.2 Å². The highest BCUT2D eigenvalue weighted by Crippen LogP contribution is 2.32. The van der Waals surface area contributed by atoms with Crippen LogP contribution in [0.2, 0.25) is 0 Å². The maximum absolute atomic E-state index is 13.4. The van der Waals surface area contributed by atoms with Gasteiger partial charge in [-0.15, -0.1) is 10.2 Å². The van der Waals surface area contributed by atoms with E-state index in [-0.39, 0.29) is 5.82 Å². The molecule has 0 unspecified atom stereocenters. The Morgan fingerprint density at radius 2 is 1.83 bits per heavy atom. The number of rotatable bonds is 6. The van der Waals surface area contributed by atoms with Crippen LogP contribution in [0.1, 0.15) is 5.56 Å². The molecule has 0 spiro atoms. The van der Waals surface area contributed by atoms with E-state index in [4.69, 9.17) is 13.9 Å². The van der Waals surface area contributed by atoms with Gasteiger partial charge in [-0.2, -0.15) is 0 Å². The first-order valence-electron chi connectivity index (χ1n) is 7.13. The Labute approximate surface area is 142 Å². The first kappa shape index (κ1) is 16.3. The van der Waals surface area contributed by atoms with E-state index < -0.39 is 0 Å². The minimum Gasteiger partial charge on any atom is -0.496 e. The highest BCUT2D eigenvalue weighted by molar-refractivity contribution is 7.98. The van der Waals surface area contributed by atoms with Crippen molar-refractivity contribution < 1.29 is 18.3 Å². The van der Waals surface area contributed by atoms with Crippen molar-refractivity contribution in [2.24, 2.45) is 0 Å². The predicted molar refractivity (Wildman–Crippen MR) is 88.8 cm³/mol. The lowest BCUT2D eigenvalue weighted by atomic mass is 10.2. The Morgan fingerprint density at radius 1 is 1.04 bits per heavy atom. The standard InChI is InChI=1S/C17H15FN2O3S/c1-21-14-8-7-12(18)9-11(14)10-24-17-20-19-16(23-17)13-5-3-4-6-15(13)22-2/h3-9H,10H2,1-2H3. The van der Waals surface area contributed by atoms with Crippen molar-refractivity contribution in [1.29, 1.82) is 0 Å². The molecule has 7 heteroatoms. The number of benzene rings is 2. The maximum Gasteiger partial charge on any atom is 0.277 e. The van der Waals surface area contributed by atoms with Crippen LogP contribution >= 0.6 is 11.8 Å². The minimum atomic E-state index is -0.313. The predicted octanol–water partition coefficient (Wildman–Crippen LogP) is 4.19. The fraction of sp³-hybridized carbons (Fsp3) is 0.176. The van der Waals surface area contributed by atoms with Crippen LogP contribution in [-0.2, 0) is 5.75 Å². The second-order valence-electron chi connectivity index (χ2n) is 4.82. The van der Waals surface area contributed by atoms with Crippen LogP contribution in [-0.4, -0.2) is 24.4 Å². The fourth-order valence-corrected chi connectivity index (χ4v) is 2.94. The number of hydrogen-bond acceptors (Lipinski definition) is 6. The summed E-state index contributed by atoms with van der Waals surface area (Å²) in [6, 6.07) is 11.8. The van der Waals surface area contributed by atoms with E-state index in [0.717, 1.165) is 11.1 Å². The van der Waals surface area contributed by atoms with Gasteiger partial charge in [0, 0.05) is 11.3 Å². The van der Waals surface area contributed by atoms with Gasteiger partial charge in [-0.1, -0.05) is 23.9 Å². The summed E-state index contributed by atoms with van der Waals surface area (Å²) in [5.74, 6) is 1.79. The van der Waals surface area contributed by atoms with E-state index in [1.807, 2.05) is 24.3 Å². The molecule has 0 fully saturated rings. The fourth-order valence-electron chi connectivity index (χ4n) is 2.20. The molecule has 0 saturated carbocycles. The topological polar surface area (TPSA) is 57.4 Å². The number of ether oxygens (including phenoxy) is 2. The summed E-state index contributed by atoms with van der Waals surface area (Å²) < 4.78 is 29.6. The SMILES string of the molecule is COc1ccc(F)cc1CSc1nnc(-c2ccccc2OC)o1. The number of halogens is 1. The lowest BCUT2D eigenvalue weighted by molar-refractivity contribution is 0.409. The molecule has 0 aliphatic rings. The van der Waals surface area contributed by atoms with Crippen LogP contribution in [0.25, 0.3) is 11.5 Å². The van der Waals surface area contributed by atoms with Crippen molar-refractivity contribution in [3.63, 3.8) is 0 Å². The Kier molecular flexibility index (Phi) is 5.00. The second-order valence-corrected chi connectivity index (χ2v) is 5.74. The first-order chi connectivity index (χ1) is 11.7. The molecule has 5 nitrogen and oxygen atoms in total. The number of para-hydroxylation sites is 1. The van der Waals surface area contributed by atoms with E-state index in [1.165, 1.54) is 23.9 Å². The van der Waals surface area contributed by atoms with Gasteiger partial charge in [0.15, 0.2) is 0 Å². The monoisotopic (exact) mass is 346 g/mol. The van der Waals surface area contributed by atoms with Gasteiger partial charge < -0.3 is 13.9 Å². The Hall–Kier alpha value is -2.54. The molecule has 0 aliphatic heterocycles. The molecule has 2 aromatic carbocycles. The lowest BCUT2D eigenvalue weighted by Gasteiger charge is -2.06. The number of methoxy groups -OCH3 is 2. The van der Waals surface area contributed by atoms with Gasteiger partial charge in [-0.05, 0) is 30.3 Å². The molecule has 0 atom stereocenters. The largest absolute Gasteiger partial charge is 0.496 e. The van der Waals surface area contributed by atoms with Crippen LogP contribution in [0.3, 0.4) is 0 Å². The zero-order valence-corrected chi connectivity index (χ0v) is 14.0. The minimum absolute atomic E-state index is 0.313. The van der Waals surface area contributed by atoms with Crippen LogP contribution in [0.5, 0.6) is 11.5 Å². The molecule has 124 valence electrons. The van der Waals surface area contributed by atoms with Crippen molar-refractivity contribution in [3.05, 3.63) is 53.8 Å². The van der Waals surface area contributed by atoms with Crippen molar-refractivity contribution >= 4 is 11.8 Å². The molecule has 0 amide bonds. The van der Waals surface area contributed by atoms with Crippen molar-refractivity contribution in [2.45, 2.75) is 11.0 Å². The molecule has 24 heavy (non-hydrogen) atoms. The molecule has 0 bridgehead atoms. The summed E-state index contributed by atoms with van der Waals surface area (Å²) in [6.07, 6.45) is 0. The number of hydrogen-bond donors (Lipinski definition) is 0. The molecule has 3 rings (SSSR count). The average molecular weight is 346 g/mol. The summed E-state index contributed by atoms with van der Waals surface area (Å²) in [5.41, 5.74) is 1.45. The Balaban J connectivity index is 1.76. The van der Waals surface area contributed by atoms with E-state index in [0.29, 0.717) is 28.4 Å². The molecule has 1 aromatic heterocycles. The molecule has 0 N–H and O–H groups in total. The van der Waals surface area contributed by atoms with E-state index in [9.17, 15) is 4.39 Å². The van der Waals surface area contributed by atoms with Gasteiger partial charge in [0.25, 0.3) is 11.1 Å². The number of thioether (sulfide) groups is 1. The third-order valence-electron chi connectivity index (χ3n) is 3.34. The summed E-state index contributed by atoms with van der Waals surface area (Å²) in [7, 11) is 3.13. The van der Waals surface area contributed by atoms with Crippen molar-refractivity contribution in [1.82, 2.24) is 10.2 Å². The maximum atomic E-state index is 13.4. The quantitative estimate of drug-likeness (QED) is 0.624. The molecule has 1 heterocycles. The van der Waals surface area contributed by atoms with Gasteiger partial charge in [-0.25, -0.2) is 4.39 Å². The second kappa shape index (κ2) is 7.35. The number of nitrogens with zero attached hydrogens (tertiary/aromatic N) is 2. The van der Waals surface area contributed by atoms with Gasteiger partial charge in [0.2, 0.25) is 0 Å². The first-order valence-corrected chi connectivity index (χ1v) is 8.12. The van der Waals surface area contributed by atoms with Crippen LogP contribution in [0, 0.1) is 5.82 Å². The smallest absolute Gasteiger partial charge is 0.277 e. The van der Waals surface area contributed by atoms with Gasteiger partial charge in [-0.3, -0.25) is 0 Å². The highest BCUT2D eigenvalue weighted by Gasteiger charge is 2.14. The van der Waals surface area contributed by atoms with Crippen LogP contribution in [0.15, 0.2) is 52.1 Å². The third kappa shape index (κ3) is 3.51. The third-order valence-corrected chi connectivity index (χ3v) is 4.20. The molecular weight excluding hydrogens is 331 g/mol. The Morgan fingerprint density at radius 3 is 2.62 bits per heavy atom.